The van der Waals surface area contributed by atoms with Gasteiger partial charge in [0, 0.05) is 5.56 Å². The molecular formula is C10H15NO2. The first-order valence-corrected chi connectivity index (χ1v) is 4.34. The minimum Gasteiger partial charge on any atom is -0.507 e. The van der Waals surface area contributed by atoms with Gasteiger partial charge in [-0.05, 0) is 25.6 Å². The van der Waals surface area contributed by atoms with Crippen molar-refractivity contribution in [2.45, 2.75) is 13.0 Å². The largest absolute Gasteiger partial charge is 0.507 e. The minimum atomic E-state index is -0.112. The van der Waals surface area contributed by atoms with Crippen LogP contribution in [0.3, 0.4) is 0 Å². The van der Waals surface area contributed by atoms with Crippen LogP contribution >= 0.6 is 0 Å². The molecule has 0 fully saturated rings. The predicted octanol–water partition coefficient (Wildman–Crippen LogP) is 0.646. The Labute approximate surface area is 78.0 Å². The van der Waals surface area contributed by atoms with Gasteiger partial charge in [0.25, 0.3) is 0 Å². The SMILES string of the molecule is CNCCc1cccc(CO)c1O. The highest BCUT2D eigenvalue weighted by Crippen LogP contribution is 2.22. The number of hydrogen-bond donors (Lipinski definition) is 3. The summed E-state index contributed by atoms with van der Waals surface area (Å²) in [6.07, 6.45) is 0.774. The maximum atomic E-state index is 9.63. The van der Waals surface area contributed by atoms with E-state index in [0.717, 1.165) is 18.5 Å². The van der Waals surface area contributed by atoms with Gasteiger partial charge in [0.15, 0.2) is 0 Å². The zero-order valence-electron chi connectivity index (χ0n) is 7.75. The van der Waals surface area contributed by atoms with Crippen molar-refractivity contribution in [2.75, 3.05) is 13.6 Å². The van der Waals surface area contributed by atoms with E-state index < -0.39 is 0 Å². The molecule has 1 rings (SSSR count). The summed E-state index contributed by atoms with van der Waals surface area (Å²) in [5.74, 6) is 0.222. The molecule has 0 aromatic heterocycles. The Balaban J connectivity index is 2.81. The van der Waals surface area contributed by atoms with Gasteiger partial charge in [0.1, 0.15) is 5.75 Å². The average molecular weight is 181 g/mol. The molecule has 0 aliphatic heterocycles. The van der Waals surface area contributed by atoms with Crippen LogP contribution in [0.1, 0.15) is 11.1 Å². The molecule has 0 heterocycles. The third-order valence-corrected chi connectivity index (χ3v) is 2.02. The summed E-state index contributed by atoms with van der Waals surface area (Å²) in [5, 5.41) is 21.5. The molecule has 72 valence electrons. The Morgan fingerprint density at radius 2 is 2.00 bits per heavy atom. The number of rotatable bonds is 4. The standard InChI is InChI=1S/C10H15NO2/c1-11-6-5-8-3-2-4-9(7-12)10(8)13/h2-4,11-13H,5-7H2,1H3. The van der Waals surface area contributed by atoms with Gasteiger partial charge in [-0.1, -0.05) is 18.2 Å². The quantitative estimate of drug-likeness (QED) is 0.639. The van der Waals surface area contributed by atoms with Gasteiger partial charge in [0.05, 0.1) is 6.61 Å². The molecule has 0 amide bonds. The van der Waals surface area contributed by atoms with Crippen LogP contribution in [0.4, 0.5) is 0 Å². The summed E-state index contributed by atoms with van der Waals surface area (Å²) in [6.45, 7) is 0.710. The first kappa shape index (κ1) is 10.0. The third kappa shape index (κ3) is 2.44. The fourth-order valence-corrected chi connectivity index (χ4v) is 1.23. The van der Waals surface area contributed by atoms with Crippen molar-refractivity contribution in [3.05, 3.63) is 29.3 Å². The van der Waals surface area contributed by atoms with Crippen molar-refractivity contribution in [3.8, 4) is 5.75 Å². The third-order valence-electron chi connectivity index (χ3n) is 2.02. The number of aromatic hydroxyl groups is 1. The lowest BCUT2D eigenvalue weighted by atomic mass is 10.1. The van der Waals surface area contributed by atoms with Crippen LogP contribution in [-0.4, -0.2) is 23.8 Å². The van der Waals surface area contributed by atoms with Crippen molar-refractivity contribution in [2.24, 2.45) is 0 Å². The number of aliphatic hydroxyl groups excluding tert-OH is 1. The Hall–Kier alpha value is -1.06. The maximum Gasteiger partial charge on any atom is 0.124 e. The maximum absolute atomic E-state index is 9.63. The number of para-hydroxylation sites is 1. The van der Waals surface area contributed by atoms with Gasteiger partial charge < -0.3 is 15.5 Å². The van der Waals surface area contributed by atoms with Crippen molar-refractivity contribution in [1.29, 1.82) is 0 Å². The van der Waals surface area contributed by atoms with E-state index in [2.05, 4.69) is 5.32 Å². The van der Waals surface area contributed by atoms with Crippen LogP contribution in [0.5, 0.6) is 5.75 Å². The molecule has 0 saturated heterocycles. The molecule has 3 heteroatoms. The molecule has 0 atom stereocenters. The van der Waals surface area contributed by atoms with Gasteiger partial charge in [-0.2, -0.15) is 0 Å². The van der Waals surface area contributed by atoms with E-state index in [9.17, 15) is 5.11 Å². The molecule has 0 saturated carbocycles. The summed E-state index contributed by atoms with van der Waals surface area (Å²) < 4.78 is 0. The molecular weight excluding hydrogens is 166 g/mol. The van der Waals surface area contributed by atoms with Crippen LogP contribution < -0.4 is 5.32 Å². The lowest BCUT2D eigenvalue weighted by Crippen LogP contribution is -2.10. The zero-order chi connectivity index (χ0) is 9.68. The van der Waals surface area contributed by atoms with Gasteiger partial charge in [0.2, 0.25) is 0 Å². The Morgan fingerprint density at radius 3 is 2.62 bits per heavy atom. The molecule has 0 radical (unpaired) electrons. The molecule has 3 nitrogen and oxygen atoms in total. The summed E-state index contributed by atoms with van der Waals surface area (Å²) >= 11 is 0. The average Bonchev–Trinajstić information content (AvgIpc) is 2.16. The summed E-state index contributed by atoms with van der Waals surface area (Å²) in [7, 11) is 1.87. The van der Waals surface area contributed by atoms with E-state index in [4.69, 9.17) is 5.11 Å². The van der Waals surface area contributed by atoms with E-state index in [1.54, 1.807) is 6.07 Å². The number of likely N-dealkylation sites (N-methyl/N-ethyl adjacent to an activating group) is 1. The monoisotopic (exact) mass is 181 g/mol. The van der Waals surface area contributed by atoms with E-state index >= 15 is 0 Å². The second kappa shape index (κ2) is 4.84. The summed E-state index contributed by atoms with van der Waals surface area (Å²) in [4.78, 5) is 0. The van der Waals surface area contributed by atoms with E-state index in [1.807, 2.05) is 19.2 Å². The lowest BCUT2D eigenvalue weighted by Gasteiger charge is -2.07. The van der Waals surface area contributed by atoms with E-state index in [-0.39, 0.29) is 12.4 Å². The van der Waals surface area contributed by atoms with Gasteiger partial charge in [-0.3, -0.25) is 0 Å². The van der Waals surface area contributed by atoms with Gasteiger partial charge >= 0.3 is 0 Å². The van der Waals surface area contributed by atoms with Gasteiger partial charge in [-0.15, -0.1) is 0 Å². The first-order chi connectivity index (χ1) is 6.29. The Bertz CT molecular complexity index is 274. The summed E-state index contributed by atoms with van der Waals surface area (Å²) in [6, 6.07) is 5.43. The molecule has 0 bridgehead atoms. The first-order valence-electron chi connectivity index (χ1n) is 4.34. The van der Waals surface area contributed by atoms with Crippen LogP contribution in [0, 0.1) is 0 Å². The second-order valence-electron chi connectivity index (χ2n) is 2.94. The fourth-order valence-electron chi connectivity index (χ4n) is 1.23. The number of phenols is 1. The predicted molar refractivity (Wildman–Crippen MR) is 51.7 cm³/mol. The number of nitrogens with one attached hydrogen (secondary N) is 1. The molecule has 0 spiro atoms. The van der Waals surface area contributed by atoms with Crippen molar-refractivity contribution in [1.82, 2.24) is 5.32 Å². The summed E-state index contributed by atoms with van der Waals surface area (Å²) in [5.41, 5.74) is 1.47. The molecule has 1 aromatic rings. The fraction of sp³-hybridized carbons (Fsp3) is 0.400. The Kier molecular flexibility index (Phi) is 3.73. The zero-order valence-corrected chi connectivity index (χ0v) is 7.75. The minimum absolute atomic E-state index is 0.112. The highest BCUT2D eigenvalue weighted by molar-refractivity contribution is 5.40. The van der Waals surface area contributed by atoms with Gasteiger partial charge in [-0.25, -0.2) is 0 Å². The number of aliphatic hydroxyl groups is 1. The molecule has 0 aliphatic carbocycles. The lowest BCUT2D eigenvalue weighted by molar-refractivity contribution is 0.275. The Morgan fingerprint density at radius 1 is 1.31 bits per heavy atom. The highest BCUT2D eigenvalue weighted by Gasteiger charge is 2.04. The molecule has 0 aliphatic rings. The second-order valence-corrected chi connectivity index (χ2v) is 2.94. The smallest absolute Gasteiger partial charge is 0.124 e. The van der Waals surface area contributed by atoms with Crippen LogP contribution in [0.15, 0.2) is 18.2 Å². The normalized spacial score (nSPS) is 10.3. The molecule has 3 N–H and O–H groups in total. The van der Waals surface area contributed by atoms with Crippen molar-refractivity contribution < 1.29 is 10.2 Å². The number of hydrogen-bond acceptors (Lipinski definition) is 3. The van der Waals surface area contributed by atoms with Crippen LogP contribution in [0.25, 0.3) is 0 Å². The molecule has 13 heavy (non-hydrogen) atoms. The van der Waals surface area contributed by atoms with Crippen molar-refractivity contribution in [3.63, 3.8) is 0 Å². The topological polar surface area (TPSA) is 52.5 Å². The highest BCUT2D eigenvalue weighted by atomic mass is 16.3. The number of benzene rings is 1. The van der Waals surface area contributed by atoms with E-state index in [0.29, 0.717) is 5.56 Å². The van der Waals surface area contributed by atoms with Crippen LogP contribution in [0.2, 0.25) is 0 Å². The van der Waals surface area contributed by atoms with Crippen molar-refractivity contribution >= 4 is 0 Å². The molecule has 0 unspecified atom stereocenters. The molecule has 1 aromatic carbocycles. The van der Waals surface area contributed by atoms with Crippen LogP contribution in [-0.2, 0) is 13.0 Å². The van der Waals surface area contributed by atoms with E-state index in [1.165, 1.54) is 0 Å².